The van der Waals surface area contributed by atoms with E-state index in [0.29, 0.717) is 24.5 Å². The molecule has 1 unspecified atom stereocenters. The first-order chi connectivity index (χ1) is 13.4. The van der Waals surface area contributed by atoms with Gasteiger partial charge in [0.2, 0.25) is 0 Å². The number of nitrogen functional groups attached to an aromatic ring is 1. The maximum Gasteiger partial charge on any atom is 0.328 e. The highest BCUT2D eigenvalue weighted by atomic mass is 35.5. The zero-order valence-electron chi connectivity index (χ0n) is 17.0. The van der Waals surface area contributed by atoms with Gasteiger partial charge in [-0.2, -0.15) is 0 Å². The number of nitrogens with one attached hydrogen (secondary N) is 1. The van der Waals surface area contributed by atoms with Gasteiger partial charge in [0.1, 0.15) is 18.4 Å². The third-order valence-corrected chi connectivity index (χ3v) is 4.07. The van der Waals surface area contributed by atoms with Crippen LogP contribution < -0.4 is 15.8 Å². The largest absolute Gasteiger partial charge is 0.488 e. The number of ether oxygens (including phenoxy) is 2. The predicted molar refractivity (Wildman–Crippen MR) is 116 cm³/mol. The number of anilines is 1. The molecule has 158 valence electrons. The van der Waals surface area contributed by atoms with Crippen LogP contribution in [0, 0.1) is 5.92 Å². The molecule has 0 saturated carbocycles. The van der Waals surface area contributed by atoms with Gasteiger partial charge in [-0.3, -0.25) is 4.79 Å². The van der Waals surface area contributed by atoms with E-state index >= 15 is 0 Å². The molecule has 0 heterocycles. The van der Waals surface area contributed by atoms with E-state index in [2.05, 4.69) is 5.32 Å². The van der Waals surface area contributed by atoms with Crippen LogP contribution >= 0.6 is 12.4 Å². The summed E-state index contributed by atoms with van der Waals surface area (Å²) in [6.45, 7) is 6.27. The van der Waals surface area contributed by atoms with E-state index in [1.54, 1.807) is 25.1 Å². The molecular weight excluding hydrogens is 392 g/mol. The average molecular weight is 421 g/mol. The molecule has 0 aliphatic heterocycles. The highest BCUT2D eigenvalue weighted by Gasteiger charge is 2.25. The standard InChI is InChI=1S/C22H28N2O4.ClH/c1-4-27-22(26)19(12-15(2)3)24-21(25)18-13-17(23)10-11-20(18)28-14-16-8-6-5-7-9-16;/h5-11,13,15,19H,4,12,14,23H2,1-3H3,(H,24,25);1H. The van der Waals surface area contributed by atoms with E-state index < -0.39 is 17.9 Å². The van der Waals surface area contributed by atoms with Crippen molar-refractivity contribution in [3.63, 3.8) is 0 Å². The lowest BCUT2D eigenvalue weighted by Gasteiger charge is -2.20. The molecule has 0 bridgehead atoms. The molecule has 0 aliphatic rings. The molecule has 29 heavy (non-hydrogen) atoms. The molecule has 0 aromatic heterocycles. The first-order valence-corrected chi connectivity index (χ1v) is 9.44. The number of hydrogen-bond donors (Lipinski definition) is 2. The lowest BCUT2D eigenvalue weighted by atomic mass is 10.0. The van der Waals surface area contributed by atoms with Crippen molar-refractivity contribution in [3.05, 3.63) is 59.7 Å². The Kier molecular flexibility index (Phi) is 10.0. The van der Waals surface area contributed by atoms with Crippen molar-refractivity contribution < 1.29 is 19.1 Å². The van der Waals surface area contributed by atoms with Crippen molar-refractivity contribution in [2.24, 2.45) is 5.92 Å². The summed E-state index contributed by atoms with van der Waals surface area (Å²) in [4.78, 5) is 25.1. The smallest absolute Gasteiger partial charge is 0.328 e. The van der Waals surface area contributed by atoms with Crippen LogP contribution in [0.5, 0.6) is 5.75 Å². The van der Waals surface area contributed by atoms with Crippen LogP contribution in [0.1, 0.15) is 43.1 Å². The molecule has 0 saturated heterocycles. The summed E-state index contributed by atoms with van der Waals surface area (Å²) in [5.74, 6) is -0.249. The van der Waals surface area contributed by atoms with Gasteiger partial charge in [0, 0.05) is 5.69 Å². The van der Waals surface area contributed by atoms with Crippen molar-refractivity contribution in [2.75, 3.05) is 12.3 Å². The van der Waals surface area contributed by atoms with Crippen LogP contribution in [0.3, 0.4) is 0 Å². The number of nitrogens with two attached hydrogens (primary N) is 1. The van der Waals surface area contributed by atoms with E-state index in [1.807, 2.05) is 44.2 Å². The van der Waals surface area contributed by atoms with Gasteiger partial charge in [0.15, 0.2) is 0 Å². The summed E-state index contributed by atoms with van der Waals surface area (Å²) >= 11 is 0. The van der Waals surface area contributed by atoms with Crippen LogP contribution in [0.25, 0.3) is 0 Å². The summed E-state index contributed by atoms with van der Waals surface area (Å²) < 4.78 is 10.9. The highest BCUT2D eigenvalue weighted by molar-refractivity contribution is 5.99. The van der Waals surface area contributed by atoms with E-state index in [-0.39, 0.29) is 30.5 Å². The Hall–Kier alpha value is -2.73. The fourth-order valence-corrected chi connectivity index (χ4v) is 2.75. The quantitative estimate of drug-likeness (QED) is 0.473. The summed E-state index contributed by atoms with van der Waals surface area (Å²) in [6, 6.07) is 13.8. The van der Waals surface area contributed by atoms with Crippen LogP contribution in [-0.2, 0) is 16.1 Å². The second kappa shape index (κ2) is 12.0. The number of benzene rings is 2. The van der Waals surface area contributed by atoms with E-state index in [4.69, 9.17) is 15.2 Å². The lowest BCUT2D eigenvalue weighted by molar-refractivity contribution is -0.145. The molecule has 1 atom stereocenters. The number of amides is 1. The zero-order chi connectivity index (χ0) is 20.5. The average Bonchev–Trinajstić information content (AvgIpc) is 2.67. The van der Waals surface area contributed by atoms with Gasteiger partial charge in [-0.15, -0.1) is 12.4 Å². The maximum absolute atomic E-state index is 12.9. The minimum atomic E-state index is -0.726. The molecule has 0 spiro atoms. The normalized spacial score (nSPS) is 11.3. The molecule has 0 fully saturated rings. The Morgan fingerprint density at radius 2 is 1.79 bits per heavy atom. The van der Waals surface area contributed by atoms with Crippen LogP contribution in [0.4, 0.5) is 5.69 Å². The Labute approximate surface area is 178 Å². The Balaban J connectivity index is 0.00000420. The highest BCUT2D eigenvalue weighted by Crippen LogP contribution is 2.23. The lowest BCUT2D eigenvalue weighted by Crippen LogP contribution is -2.42. The number of carbonyl (C=O) groups is 2. The summed E-state index contributed by atoms with van der Waals surface area (Å²) in [5, 5.41) is 2.77. The molecule has 3 N–H and O–H groups in total. The van der Waals surface area contributed by atoms with Crippen molar-refractivity contribution in [2.45, 2.75) is 39.8 Å². The van der Waals surface area contributed by atoms with E-state index in [9.17, 15) is 9.59 Å². The molecule has 2 aromatic rings. The van der Waals surface area contributed by atoms with Crippen molar-refractivity contribution in [3.8, 4) is 5.75 Å². The van der Waals surface area contributed by atoms with Crippen molar-refractivity contribution in [1.82, 2.24) is 5.32 Å². The van der Waals surface area contributed by atoms with Gasteiger partial charge in [-0.25, -0.2) is 4.79 Å². The summed E-state index contributed by atoms with van der Waals surface area (Å²) in [7, 11) is 0. The predicted octanol–water partition coefficient (Wildman–Crippen LogP) is 3.98. The third-order valence-electron chi connectivity index (χ3n) is 4.07. The van der Waals surface area contributed by atoms with Crippen LogP contribution in [-0.4, -0.2) is 24.5 Å². The van der Waals surface area contributed by atoms with Gasteiger partial charge >= 0.3 is 5.97 Å². The fraction of sp³-hybridized carbons (Fsp3) is 0.364. The van der Waals surface area contributed by atoms with Gasteiger partial charge in [-0.05, 0) is 43.0 Å². The number of hydrogen-bond acceptors (Lipinski definition) is 5. The summed E-state index contributed by atoms with van der Waals surface area (Å²) in [6.07, 6.45) is 0.479. The Bertz CT molecular complexity index is 797. The number of rotatable bonds is 9. The minimum absolute atomic E-state index is 0. The first-order valence-electron chi connectivity index (χ1n) is 9.44. The zero-order valence-corrected chi connectivity index (χ0v) is 17.8. The fourth-order valence-electron chi connectivity index (χ4n) is 2.75. The van der Waals surface area contributed by atoms with Crippen molar-refractivity contribution in [1.29, 1.82) is 0 Å². The molecule has 0 aliphatic carbocycles. The van der Waals surface area contributed by atoms with E-state index in [0.717, 1.165) is 5.56 Å². The maximum atomic E-state index is 12.9. The number of esters is 1. The second-order valence-corrected chi connectivity index (χ2v) is 6.94. The summed E-state index contributed by atoms with van der Waals surface area (Å²) in [5.41, 5.74) is 7.57. The molecular formula is C22H29ClN2O4. The Morgan fingerprint density at radius 1 is 1.10 bits per heavy atom. The third kappa shape index (κ3) is 7.66. The van der Waals surface area contributed by atoms with Crippen LogP contribution in [0.15, 0.2) is 48.5 Å². The molecule has 7 heteroatoms. The monoisotopic (exact) mass is 420 g/mol. The minimum Gasteiger partial charge on any atom is -0.488 e. The van der Waals surface area contributed by atoms with E-state index in [1.165, 1.54) is 0 Å². The van der Waals surface area contributed by atoms with Gasteiger partial charge in [0.25, 0.3) is 5.91 Å². The molecule has 1 amide bonds. The van der Waals surface area contributed by atoms with Gasteiger partial charge in [0.05, 0.1) is 12.2 Å². The molecule has 2 rings (SSSR count). The number of halogens is 1. The topological polar surface area (TPSA) is 90.7 Å². The first kappa shape index (κ1) is 24.3. The molecule has 2 aromatic carbocycles. The number of carbonyl (C=O) groups excluding carboxylic acids is 2. The van der Waals surface area contributed by atoms with Gasteiger partial charge in [-0.1, -0.05) is 44.2 Å². The Morgan fingerprint density at radius 3 is 2.41 bits per heavy atom. The van der Waals surface area contributed by atoms with Gasteiger partial charge < -0.3 is 20.5 Å². The molecule has 6 nitrogen and oxygen atoms in total. The second-order valence-electron chi connectivity index (χ2n) is 6.94. The molecule has 0 radical (unpaired) electrons. The van der Waals surface area contributed by atoms with Crippen molar-refractivity contribution >= 4 is 30.0 Å². The SMILES string of the molecule is CCOC(=O)C(CC(C)C)NC(=O)c1cc(N)ccc1OCc1ccccc1.Cl. The van der Waals surface area contributed by atoms with Crippen LogP contribution in [0.2, 0.25) is 0 Å².